The van der Waals surface area contributed by atoms with E-state index in [-0.39, 0.29) is 0 Å². The molecule has 0 unspecified atom stereocenters. The molecule has 7 nitrogen and oxygen atoms in total. The van der Waals surface area contributed by atoms with E-state index in [9.17, 15) is 0 Å². The number of aromatic nitrogens is 7. The Hall–Kier alpha value is -4.00. The van der Waals surface area contributed by atoms with Crippen LogP contribution in [0.5, 0.6) is 0 Å². The number of pyridine rings is 1. The maximum absolute atomic E-state index is 4.16. The number of H-pyrrole nitrogens is 2. The first-order valence-electron chi connectivity index (χ1n) is 8.67. The topological polar surface area (TPSA) is 69.5 Å². The number of imidazole rings is 1. The minimum Gasteiger partial charge on any atom is -0.202 e. The van der Waals surface area contributed by atoms with Gasteiger partial charge in [-0.25, -0.2) is 8.97 Å². The van der Waals surface area contributed by atoms with Gasteiger partial charge in [0.15, 0.2) is 5.52 Å². The van der Waals surface area contributed by atoms with Crippen molar-refractivity contribution in [1.29, 1.82) is 0 Å². The lowest BCUT2D eigenvalue weighted by Gasteiger charge is -1.93. The van der Waals surface area contributed by atoms with Crippen LogP contribution in [0.3, 0.4) is 0 Å². The molecule has 2 N–H and O–H groups in total. The molecular formula is C20H15N7+2. The monoisotopic (exact) mass is 353 g/mol. The molecule has 0 radical (unpaired) electrons. The van der Waals surface area contributed by atoms with Gasteiger partial charge in [-0.3, -0.25) is 0 Å². The maximum atomic E-state index is 4.16. The number of nitrogens with zero attached hydrogens (tertiary/aromatic N) is 5. The van der Waals surface area contributed by atoms with Crippen LogP contribution in [-0.2, 0) is 0 Å². The summed E-state index contributed by atoms with van der Waals surface area (Å²) in [6.07, 6.45) is 8.35. The Balaban J connectivity index is 1.46. The number of aromatic amines is 2. The van der Waals surface area contributed by atoms with Crippen molar-refractivity contribution in [1.82, 2.24) is 24.9 Å². The van der Waals surface area contributed by atoms with Crippen LogP contribution in [0.25, 0.3) is 38.8 Å². The highest BCUT2D eigenvalue weighted by Crippen LogP contribution is 2.15. The molecule has 0 aliphatic heterocycles. The summed E-state index contributed by atoms with van der Waals surface area (Å²) >= 11 is 0. The number of hydrogen-bond donors (Lipinski definition) is 2. The minimum absolute atomic E-state index is 0.843. The molecule has 0 saturated carbocycles. The van der Waals surface area contributed by atoms with Gasteiger partial charge in [0, 0.05) is 18.2 Å². The third-order valence-corrected chi connectivity index (χ3v) is 4.86. The first kappa shape index (κ1) is 14.2. The van der Waals surface area contributed by atoms with Gasteiger partial charge in [0.05, 0.1) is 11.6 Å². The summed E-state index contributed by atoms with van der Waals surface area (Å²) in [5.74, 6) is 0. The quantitative estimate of drug-likeness (QED) is 0.469. The molecule has 0 bridgehead atoms. The lowest BCUT2D eigenvalue weighted by molar-refractivity contribution is -0.653. The number of fused-ring (bicyclic) bond motifs is 3. The van der Waals surface area contributed by atoms with E-state index in [4.69, 9.17) is 0 Å². The lowest BCUT2D eigenvalue weighted by Crippen LogP contribution is -2.31. The number of benzene rings is 2. The number of nitrogens with one attached hydrogen (secondary N) is 2. The molecule has 0 atom stereocenters. The first-order chi connectivity index (χ1) is 13.3. The summed E-state index contributed by atoms with van der Waals surface area (Å²) in [6.45, 7) is 0. The average molecular weight is 353 g/mol. The zero-order valence-electron chi connectivity index (χ0n) is 14.2. The summed E-state index contributed by atoms with van der Waals surface area (Å²) in [4.78, 5) is 0. The maximum Gasteiger partial charge on any atom is 0.254 e. The predicted octanol–water partition coefficient (Wildman–Crippen LogP) is 2.25. The molecule has 0 amide bonds. The molecule has 0 fully saturated rings. The average Bonchev–Trinajstić information content (AvgIpc) is 3.42. The normalized spacial score (nSPS) is 11.7. The Labute approximate surface area is 153 Å². The lowest BCUT2D eigenvalue weighted by atomic mass is 10.2. The fourth-order valence-electron chi connectivity index (χ4n) is 3.47. The van der Waals surface area contributed by atoms with Gasteiger partial charge in [-0.05, 0) is 30.3 Å². The summed E-state index contributed by atoms with van der Waals surface area (Å²) in [7, 11) is 0. The molecule has 4 aromatic heterocycles. The molecule has 0 spiro atoms. The summed E-state index contributed by atoms with van der Waals surface area (Å²) in [5, 5.41) is 15.5. The highest BCUT2D eigenvalue weighted by atomic mass is 15.3. The van der Waals surface area contributed by atoms with E-state index in [1.807, 2.05) is 35.0 Å². The largest absolute Gasteiger partial charge is 0.254 e. The SMILES string of the molecule is c1ccn2c[n+](-c3ccc4[nH][n+](-c5ccc6n[nH]nc6c5)cc4c3)cc2c1. The summed E-state index contributed by atoms with van der Waals surface area (Å²) in [6, 6.07) is 18.6. The Morgan fingerprint density at radius 2 is 1.78 bits per heavy atom. The van der Waals surface area contributed by atoms with Gasteiger partial charge in [-0.1, -0.05) is 10.7 Å². The molecule has 0 saturated heterocycles. The highest BCUT2D eigenvalue weighted by Gasteiger charge is 2.15. The van der Waals surface area contributed by atoms with Crippen LogP contribution >= 0.6 is 0 Å². The molecule has 2 aromatic carbocycles. The number of hydrogen-bond acceptors (Lipinski definition) is 2. The molecule has 0 aliphatic carbocycles. The van der Waals surface area contributed by atoms with Crippen molar-refractivity contribution in [2.24, 2.45) is 0 Å². The van der Waals surface area contributed by atoms with Crippen molar-refractivity contribution in [3.8, 4) is 11.4 Å². The summed E-state index contributed by atoms with van der Waals surface area (Å²) < 4.78 is 6.24. The van der Waals surface area contributed by atoms with Crippen molar-refractivity contribution in [3.63, 3.8) is 0 Å². The van der Waals surface area contributed by atoms with Gasteiger partial charge in [-0.15, -0.1) is 0 Å². The van der Waals surface area contributed by atoms with Gasteiger partial charge in [0.25, 0.3) is 6.33 Å². The van der Waals surface area contributed by atoms with E-state index in [2.05, 4.69) is 78.7 Å². The molecule has 6 aromatic rings. The Morgan fingerprint density at radius 1 is 0.852 bits per heavy atom. The first-order valence-corrected chi connectivity index (χ1v) is 8.67. The molecule has 27 heavy (non-hydrogen) atoms. The molecule has 7 heteroatoms. The predicted molar refractivity (Wildman–Crippen MR) is 99.8 cm³/mol. The smallest absolute Gasteiger partial charge is 0.202 e. The summed E-state index contributed by atoms with van der Waals surface area (Å²) in [5.41, 5.74) is 6.05. The van der Waals surface area contributed by atoms with Crippen LogP contribution in [0.15, 0.2) is 79.5 Å². The van der Waals surface area contributed by atoms with Gasteiger partial charge in [0.2, 0.25) is 11.9 Å². The third-order valence-electron chi connectivity index (χ3n) is 4.86. The molecule has 4 heterocycles. The Kier molecular flexibility index (Phi) is 2.76. The van der Waals surface area contributed by atoms with Gasteiger partial charge >= 0.3 is 0 Å². The second-order valence-corrected chi connectivity index (χ2v) is 6.56. The second kappa shape index (κ2) is 5.25. The van der Waals surface area contributed by atoms with Gasteiger partial charge in [-0.2, -0.15) is 20.5 Å². The van der Waals surface area contributed by atoms with Crippen LogP contribution in [0, 0.1) is 0 Å². The van der Waals surface area contributed by atoms with Crippen LogP contribution in [0.2, 0.25) is 0 Å². The van der Waals surface area contributed by atoms with E-state index in [0.29, 0.717) is 0 Å². The van der Waals surface area contributed by atoms with Crippen molar-refractivity contribution in [2.45, 2.75) is 0 Å². The van der Waals surface area contributed by atoms with Crippen LogP contribution in [0.4, 0.5) is 0 Å². The molecule has 128 valence electrons. The van der Waals surface area contributed by atoms with Crippen molar-refractivity contribution in [3.05, 3.63) is 79.5 Å². The van der Waals surface area contributed by atoms with E-state index in [1.54, 1.807) is 0 Å². The van der Waals surface area contributed by atoms with Gasteiger partial charge in [0.1, 0.15) is 28.4 Å². The fourth-order valence-corrected chi connectivity index (χ4v) is 3.47. The third kappa shape index (κ3) is 2.22. The fraction of sp³-hybridized carbons (Fsp3) is 0. The van der Waals surface area contributed by atoms with Crippen LogP contribution in [-0.4, -0.2) is 24.9 Å². The molecule has 0 aliphatic rings. The van der Waals surface area contributed by atoms with Crippen molar-refractivity contribution < 1.29 is 9.25 Å². The molecular weight excluding hydrogens is 338 g/mol. The van der Waals surface area contributed by atoms with E-state index in [0.717, 1.165) is 38.8 Å². The molecule has 6 rings (SSSR count). The van der Waals surface area contributed by atoms with E-state index < -0.39 is 0 Å². The standard InChI is InChI=1S/C20H14N7/c1-2-8-25-13-26(12-17(25)3-1)15-4-6-18-14(9-15)11-27(23-18)16-5-7-19-20(10-16)22-24-21-19/h1-13H,(H,21,22,24)/q+1/p+1. The zero-order chi connectivity index (χ0) is 17.8. The van der Waals surface area contributed by atoms with Crippen LogP contribution < -0.4 is 9.25 Å². The highest BCUT2D eigenvalue weighted by molar-refractivity contribution is 5.79. The van der Waals surface area contributed by atoms with Gasteiger partial charge < -0.3 is 0 Å². The van der Waals surface area contributed by atoms with Crippen LogP contribution in [0.1, 0.15) is 0 Å². The zero-order valence-corrected chi connectivity index (χ0v) is 14.2. The minimum atomic E-state index is 0.843. The van der Waals surface area contributed by atoms with E-state index in [1.165, 1.54) is 0 Å². The Morgan fingerprint density at radius 3 is 2.74 bits per heavy atom. The van der Waals surface area contributed by atoms with E-state index >= 15 is 0 Å². The van der Waals surface area contributed by atoms with Crippen molar-refractivity contribution in [2.75, 3.05) is 0 Å². The van der Waals surface area contributed by atoms with Crippen molar-refractivity contribution >= 4 is 27.5 Å². The number of rotatable bonds is 2. The Bertz CT molecular complexity index is 1400. The second-order valence-electron chi connectivity index (χ2n) is 6.56.